The Kier molecular flexibility index (Phi) is 7.65. The fourth-order valence-electron chi connectivity index (χ4n) is 5.05. The standard InChI is InChI=1S/C30H31N3O6/c1-37-23-12-8-21(9-13-23)30(20-6-4-3-5-7-20,22-10-14-24(38-2)15-11-22)32-27-16-17-33(29(36)31-27)28-26(35)18-25(19-34)39-28/h3-17,25-26,28,34-35H,18-19H2,1-2H3,(H,31,32,36)/t25-,26-,28+/m0/s1. The van der Waals surface area contributed by atoms with Gasteiger partial charge < -0.3 is 29.7 Å². The highest BCUT2D eigenvalue weighted by molar-refractivity contribution is 5.59. The van der Waals surface area contributed by atoms with Gasteiger partial charge in [0, 0.05) is 12.6 Å². The summed E-state index contributed by atoms with van der Waals surface area (Å²) < 4.78 is 17.7. The SMILES string of the molecule is COc1ccc(C(Nc2ccn([C@@H]3O[C@H](CO)C[C@@H]3O)c(=O)n2)(c2ccccc2)c2ccc(OC)cc2)cc1. The number of nitrogens with one attached hydrogen (secondary N) is 1. The average molecular weight is 530 g/mol. The zero-order valence-corrected chi connectivity index (χ0v) is 21.7. The fraction of sp³-hybridized carbons (Fsp3) is 0.267. The van der Waals surface area contributed by atoms with Crippen LogP contribution < -0.4 is 20.5 Å². The Bertz CT molecular complexity index is 1390. The number of ether oxygens (including phenoxy) is 3. The molecule has 0 aliphatic carbocycles. The van der Waals surface area contributed by atoms with Gasteiger partial charge in [0.15, 0.2) is 6.23 Å². The van der Waals surface area contributed by atoms with Crippen molar-refractivity contribution in [3.63, 3.8) is 0 Å². The molecule has 3 aromatic carbocycles. The third-order valence-electron chi connectivity index (χ3n) is 7.04. The Hall–Kier alpha value is -4.18. The highest BCUT2D eigenvalue weighted by Gasteiger charge is 2.38. The monoisotopic (exact) mass is 529 g/mol. The summed E-state index contributed by atoms with van der Waals surface area (Å²) in [5, 5.41) is 23.4. The molecule has 0 unspecified atom stereocenters. The van der Waals surface area contributed by atoms with Gasteiger partial charge in [0.1, 0.15) is 29.0 Å². The van der Waals surface area contributed by atoms with E-state index in [4.69, 9.17) is 14.2 Å². The molecule has 4 aromatic rings. The van der Waals surface area contributed by atoms with Gasteiger partial charge in [0.05, 0.1) is 26.9 Å². The largest absolute Gasteiger partial charge is 0.497 e. The first-order valence-corrected chi connectivity index (χ1v) is 12.6. The van der Waals surface area contributed by atoms with Crippen LogP contribution >= 0.6 is 0 Å². The quantitative estimate of drug-likeness (QED) is 0.283. The second-order valence-corrected chi connectivity index (χ2v) is 9.33. The lowest BCUT2D eigenvalue weighted by atomic mass is 9.77. The Balaban J connectivity index is 1.64. The van der Waals surface area contributed by atoms with E-state index in [1.165, 1.54) is 4.57 Å². The molecule has 0 radical (unpaired) electrons. The molecule has 9 heteroatoms. The summed E-state index contributed by atoms with van der Waals surface area (Å²) in [4.78, 5) is 17.5. The first-order valence-electron chi connectivity index (χ1n) is 12.6. The summed E-state index contributed by atoms with van der Waals surface area (Å²) in [7, 11) is 3.24. The number of rotatable bonds is 9. The first kappa shape index (κ1) is 26.4. The minimum atomic E-state index is -0.948. The highest BCUT2D eigenvalue weighted by Crippen LogP contribution is 2.41. The van der Waals surface area contributed by atoms with Crippen LogP contribution in [0.1, 0.15) is 29.3 Å². The van der Waals surface area contributed by atoms with Crippen molar-refractivity contribution in [2.24, 2.45) is 0 Å². The number of aliphatic hydroxyl groups excluding tert-OH is 2. The molecule has 202 valence electrons. The van der Waals surface area contributed by atoms with Crippen molar-refractivity contribution in [1.29, 1.82) is 0 Å². The van der Waals surface area contributed by atoms with Crippen LogP contribution in [-0.2, 0) is 10.3 Å². The molecule has 0 bridgehead atoms. The van der Waals surface area contributed by atoms with Gasteiger partial charge in [-0.05, 0) is 47.0 Å². The van der Waals surface area contributed by atoms with Crippen molar-refractivity contribution < 1.29 is 24.4 Å². The van der Waals surface area contributed by atoms with Crippen molar-refractivity contribution in [1.82, 2.24) is 9.55 Å². The Morgan fingerprint density at radius 2 is 1.49 bits per heavy atom. The lowest BCUT2D eigenvalue weighted by Gasteiger charge is -2.37. The molecule has 1 saturated heterocycles. The minimum Gasteiger partial charge on any atom is -0.497 e. The fourth-order valence-corrected chi connectivity index (χ4v) is 5.05. The molecule has 1 fully saturated rings. The lowest BCUT2D eigenvalue weighted by Crippen LogP contribution is -2.40. The molecule has 9 nitrogen and oxygen atoms in total. The highest BCUT2D eigenvalue weighted by atomic mass is 16.5. The molecule has 3 atom stereocenters. The predicted molar refractivity (Wildman–Crippen MR) is 146 cm³/mol. The number of benzene rings is 3. The van der Waals surface area contributed by atoms with E-state index in [0.29, 0.717) is 17.3 Å². The first-order chi connectivity index (χ1) is 19.0. The van der Waals surface area contributed by atoms with Crippen molar-refractivity contribution in [3.8, 4) is 11.5 Å². The molecule has 5 rings (SSSR count). The van der Waals surface area contributed by atoms with Crippen LogP contribution in [0.5, 0.6) is 11.5 Å². The van der Waals surface area contributed by atoms with E-state index in [1.54, 1.807) is 26.5 Å². The summed E-state index contributed by atoms with van der Waals surface area (Å²) in [6.07, 6.45) is -0.603. The van der Waals surface area contributed by atoms with Crippen molar-refractivity contribution >= 4 is 5.82 Å². The maximum atomic E-state index is 13.2. The number of hydrogen-bond acceptors (Lipinski definition) is 8. The van der Waals surface area contributed by atoms with Gasteiger partial charge in [0.2, 0.25) is 0 Å². The molecular formula is C30H31N3O6. The maximum Gasteiger partial charge on any atom is 0.351 e. The molecule has 2 heterocycles. The van der Waals surface area contributed by atoms with Crippen molar-refractivity contribution in [2.75, 3.05) is 26.1 Å². The van der Waals surface area contributed by atoms with Crippen molar-refractivity contribution in [2.45, 2.75) is 30.4 Å². The van der Waals surface area contributed by atoms with E-state index in [1.807, 2.05) is 78.9 Å². The van der Waals surface area contributed by atoms with Crippen LogP contribution in [0.2, 0.25) is 0 Å². The molecule has 1 aliphatic rings. The summed E-state index contributed by atoms with van der Waals surface area (Å²) in [6.45, 7) is -0.237. The van der Waals surface area contributed by atoms with Crippen LogP contribution in [0.15, 0.2) is 95.9 Å². The Morgan fingerprint density at radius 3 is 1.97 bits per heavy atom. The summed E-state index contributed by atoms with van der Waals surface area (Å²) in [5.41, 5.74) is 1.18. The molecule has 0 spiro atoms. The van der Waals surface area contributed by atoms with Crippen LogP contribution in [0.4, 0.5) is 5.82 Å². The molecule has 0 amide bonds. The number of nitrogens with zero attached hydrogens (tertiary/aromatic N) is 2. The molecule has 0 saturated carbocycles. The van der Waals surface area contributed by atoms with Gasteiger partial charge in [-0.1, -0.05) is 54.6 Å². The molecular weight excluding hydrogens is 498 g/mol. The maximum absolute atomic E-state index is 13.2. The molecule has 39 heavy (non-hydrogen) atoms. The van der Waals surface area contributed by atoms with Crippen LogP contribution in [0, 0.1) is 0 Å². The van der Waals surface area contributed by atoms with E-state index < -0.39 is 29.7 Å². The summed E-state index contributed by atoms with van der Waals surface area (Å²) in [5.74, 6) is 1.76. The summed E-state index contributed by atoms with van der Waals surface area (Å²) >= 11 is 0. The van der Waals surface area contributed by atoms with Gasteiger partial charge in [-0.2, -0.15) is 4.98 Å². The van der Waals surface area contributed by atoms with Gasteiger partial charge >= 0.3 is 5.69 Å². The lowest BCUT2D eigenvalue weighted by molar-refractivity contribution is -0.0529. The van der Waals surface area contributed by atoms with Crippen LogP contribution in [-0.4, -0.2) is 52.8 Å². The van der Waals surface area contributed by atoms with E-state index >= 15 is 0 Å². The molecule has 3 N–H and O–H groups in total. The topological polar surface area (TPSA) is 115 Å². The number of anilines is 1. The molecule has 1 aromatic heterocycles. The van der Waals surface area contributed by atoms with E-state index in [0.717, 1.165) is 16.7 Å². The zero-order chi connectivity index (χ0) is 27.4. The number of hydrogen-bond donors (Lipinski definition) is 3. The number of aromatic nitrogens is 2. The number of methoxy groups -OCH3 is 2. The van der Waals surface area contributed by atoms with Gasteiger partial charge in [0.25, 0.3) is 0 Å². The van der Waals surface area contributed by atoms with Gasteiger partial charge in [-0.25, -0.2) is 4.79 Å². The van der Waals surface area contributed by atoms with Crippen LogP contribution in [0.3, 0.4) is 0 Å². The third kappa shape index (κ3) is 5.12. The smallest absolute Gasteiger partial charge is 0.351 e. The third-order valence-corrected chi connectivity index (χ3v) is 7.04. The average Bonchev–Trinajstić information content (AvgIpc) is 3.37. The van der Waals surface area contributed by atoms with E-state index in [2.05, 4.69) is 10.3 Å². The summed E-state index contributed by atoms with van der Waals surface area (Å²) in [6, 6.07) is 27.0. The van der Waals surface area contributed by atoms with Crippen molar-refractivity contribution in [3.05, 3.63) is 118 Å². The van der Waals surface area contributed by atoms with Gasteiger partial charge in [-0.15, -0.1) is 0 Å². The zero-order valence-electron chi connectivity index (χ0n) is 21.7. The second kappa shape index (κ2) is 11.3. The van der Waals surface area contributed by atoms with E-state index in [9.17, 15) is 15.0 Å². The Morgan fingerprint density at radius 1 is 0.923 bits per heavy atom. The second-order valence-electron chi connectivity index (χ2n) is 9.33. The van der Waals surface area contributed by atoms with Gasteiger partial charge in [-0.3, -0.25) is 4.57 Å². The minimum absolute atomic E-state index is 0.236. The van der Waals surface area contributed by atoms with E-state index in [-0.39, 0.29) is 13.0 Å². The normalized spacial score (nSPS) is 19.0. The predicted octanol–water partition coefficient (Wildman–Crippen LogP) is 3.31. The Labute approximate surface area is 226 Å². The number of aliphatic hydroxyl groups is 2. The van der Waals surface area contributed by atoms with Crippen LogP contribution in [0.25, 0.3) is 0 Å². The molecule has 1 aliphatic heterocycles.